The first kappa shape index (κ1) is 13.6. The van der Waals surface area contributed by atoms with Crippen molar-refractivity contribution in [1.29, 1.82) is 0 Å². The SMILES string of the molecule is CC(C(N)c1ccccc1)N1CCCC(C)(C)C1. The fraction of sp³-hybridized carbons (Fsp3) is 0.625. The first-order valence-electron chi connectivity index (χ1n) is 7.04. The van der Waals surface area contributed by atoms with E-state index in [1.165, 1.54) is 24.9 Å². The van der Waals surface area contributed by atoms with E-state index >= 15 is 0 Å². The highest BCUT2D eigenvalue weighted by atomic mass is 15.2. The van der Waals surface area contributed by atoms with Crippen LogP contribution in [0.4, 0.5) is 0 Å². The molecular formula is C16H26N2. The first-order chi connectivity index (χ1) is 8.49. The Labute approximate surface area is 111 Å². The van der Waals surface area contributed by atoms with E-state index in [0.29, 0.717) is 11.5 Å². The summed E-state index contributed by atoms with van der Waals surface area (Å²) in [4.78, 5) is 2.56. The average Bonchev–Trinajstić information content (AvgIpc) is 2.37. The van der Waals surface area contributed by atoms with Crippen LogP contribution in [0.2, 0.25) is 0 Å². The molecule has 0 aromatic heterocycles. The van der Waals surface area contributed by atoms with E-state index in [4.69, 9.17) is 5.73 Å². The molecule has 2 unspecified atom stereocenters. The van der Waals surface area contributed by atoms with Gasteiger partial charge in [-0.05, 0) is 37.3 Å². The van der Waals surface area contributed by atoms with E-state index in [1.807, 2.05) is 6.07 Å². The van der Waals surface area contributed by atoms with Crippen molar-refractivity contribution in [2.75, 3.05) is 13.1 Å². The van der Waals surface area contributed by atoms with E-state index in [9.17, 15) is 0 Å². The molecule has 1 aliphatic rings. The van der Waals surface area contributed by atoms with Crippen LogP contribution in [0.25, 0.3) is 0 Å². The summed E-state index contributed by atoms with van der Waals surface area (Å²) in [6.07, 6.45) is 2.62. The topological polar surface area (TPSA) is 29.3 Å². The van der Waals surface area contributed by atoms with Gasteiger partial charge in [0.15, 0.2) is 0 Å². The summed E-state index contributed by atoms with van der Waals surface area (Å²) < 4.78 is 0. The van der Waals surface area contributed by atoms with Gasteiger partial charge in [-0.25, -0.2) is 0 Å². The minimum atomic E-state index is 0.111. The Morgan fingerprint density at radius 3 is 2.50 bits per heavy atom. The van der Waals surface area contributed by atoms with Gasteiger partial charge in [0.2, 0.25) is 0 Å². The monoisotopic (exact) mass is 246 g/mol. The highest BCUT2D eigenvalue weighted by molar-refractivity contribution is 5.20. The van der Waals surface area contributed by atoms with Crippen LogP contribution in [0.1, 0.15) is 45.2 Å². The van der Waals surface area contributed by atoms with E-state index in [2.05, 4.69) is 49.9 Å². The van der Waals surface area contributed by atoms with Crippen molar-refractivity contribution in [2.24, 2.45) is 11.1 Å². The average molecular weight is 246 g/mol. The Morgan fingerprint density at radius 1 is 1.22 bits per heavy atom. The summed E-state index contributed by atoms with van der Waals surface area (Å²) in [6.45, 7) is 9.33. The maximum Gasteiger partial charge on any atom is 0.0450 e. The van der Waals surface area contributed by atoms with E-state index in [1.54, 1.807) is 0 Å². The van der Waals surface area contributed by atoms with E-state index in [0.717, 1.165) is 6.54 Å². The molecule has 0 saturated carbocycles. The highest BCUT2D eigenvalue weighted by Gasteiger charge is 2.31. The van der Waals surface area contributed by atoms with Crippen LogP contribution in [-0.2, 0) is 0 Å². The Kier molecular flexibility index (Phi) is 4.08. The van der Waals surface area contributed by atoms with Crippen LogP contribution in [0.5, 0.6) is 0 Å². The van der Waals surface area contributed by atoms with Crippen LogP contribution < -0.4 is 5.73 Å². The minimum Gasteiger partial charge on any atom is -0.323 e. The van der Waals surface area contributed by atoms with Gasteiger partial charge in [0, 0.05) is 18.6 Å². The molecule has 0 bridgehead atoms. The van der Waals surface area contributed by atoms with Gasteiger partial charge in [-0.1, -0.05) is 44.2 Å². The van der Waals surface area contributed by atoms with Crippen molar-refractivity contribution in [3.8, 4) is 0 Å². The van der Waals surface area contributed by atoms with Gasteiger partial charge in [0.1, 0.15) is 0 Å². The molecule has 2 heteroatoms. The lowest BCUT2D eigenvalue weighted by atomic mass is 9.83. The highest BCUT2D eigenvalue weighted by Crippen LogP contribution is 2.31. The Balaban J connectivity index is 2.05. The van der Waals surface area contributed by atoms with Crippen LogP contribution in [0.3, 0.4) is 0 Å². The molecule has 2 rings (SSSR count). The van der Waals surface area contributed by atoms with Gasteiger partial charge in [0.25, 0.3) is 0 Å². The number of benzene rings is 1. The molecule has 1 aromatic carbocycles. The third-order valence-electron chi connectivity index (χ3n) is 4.21. The Morgan fingerprint density at radius 2 is 1.89 bits per heavy atom. The summed E-state index contributed by atoms with van der Waals surface area (Å²) in [7, 11) is 0. The second-order valence-corrected chi connectivity index (χ2v) is 6.42. The van der Waals surface area contributed by atoms with Crippen molar-refractivity contribution in [3.05, 3.63) is 35.9 Å². The molecule has 1 heterocycles. The number of piperidine rings is 1. The lowest BCUT2D eigenvalue weighted by molar-refractivity contribution is 0.0741. The first-order valence-corrected chi connectivity index (χ1v) is 7.04. The number of rotatable bonds is 3. The molecule has 1 aliphatic heterocycles. The zero-order valence-electron chi connectivity index (χ0n) is 11.9. The van der Waals surface area contributed by atoms with Crippen LogP contribution in [-0.4, -0.2) is 24.0 Å². The number of hydrogen-bond donors (Lipinski definition) is 1. The summed E-state index contributed by atoms with van der Waals surface area (Å²) in [5.74, 6) is 0. The zero-order valence-corrected chi connectivity index (χ0v) is 11.9. The van der Waals surface area contributed by atoms with Crippen LogP contribution >= 0.6 is 0 Å². The molecule has 0 aliphatic carbocycles. The molecule has 1 saturated heterocycles. The van der Waals surface area contributed by atoms with Gasteiger partial charge >= 0.3 is 0 Å². The maximum atomic E-state index is 6.42. The third kappa shape index (κ3) is 3.12. The second-order valence-electron chi connectivity index (χ2n) is 6.42. The molecule has 2 nitrogen and oxygen atoms in total. The van der Waals surface area contributed by atoms with Crippen molar-refractivity contribution < 1.29 is 0 Å². The molecule has 0 radical (unpaired) electrons. The fourth-order valence-electron chi connectivity index (χ4n) is 3.00. The van der Waals surface area contributed by atoms with Gasteiger partial charge < -0.3 is 5.73 Å². The third-order valence-corrected chi connectivity index (χ3v) is 4.21. The molecular weight excluding hydrogens is 220 g/mol. The minimum absolute atomic E-state index is 0.111. The Hall–Kier alpha value is -0.860. The Bertz CT molecular complexity index is 372. The summed E-state index contributed by atoms with van der Waals surface area (Å²) in [5.41, 5.74) is 8.09. The second kappa shape index (κ2) is 5.41. The summed E-state index contributed by atoms with van der Waals surface area (Å²) in [5, 5.41) is 0. The standard InChI is InChI=1S/C16H26N2/c1-13(15(17)14-8-5-4-6-9-14)18-11-7-10-16(2,3)12-18/h4-6,8-9,13,15H,7,10-12,17H2,1-3H3. The van der Waals surface area contributed by atoms with E-state index in [-0.39, 0.29) is 6.04 Å². The predicted octanol–water partition coefficient (Wildman–Crippen LogP) is 3.20. The lowest BCUT2D eigenvalue weighted by Gasteiger charge is -2.43. The number of hydrogen-bond acceptors (Lipinski definition) is 2. The van der Waals surface area contributed by atoms with Crippen molar-refractivity contribution in [3.63, 3.8) is 0 Å². The normalized spacial score (nSPS) is 23.6. The zero-order chi connectivity index (χ0) is 13.2. The van der Waals surface area contributed by atoms with Gasteiger partial charge in [-0.2, -0.15) is 0 Å². The summed E-state index contributed by atoms with van der Waals surface area (Å²) >= 11 is 0. The van der Waals surface area contributed by atoms with Gasteiger partial charge in [0.05, 0.1) is 0 Å². The van der Waals surface area contributed by atoms with E-state index < -0.39 is 0 Å². The summed E-state index contributed by atoms with van der Waals surface area (Å²) in [6, 6.07) is 11.0. The van der Waals surface area contributed by atoms with Gasteiger partial charge in [-0.3, -0.25) is 4.90 Å². The molecule has 1 fully saturated rings. The smallest absolute Gasteiger partial charge is 0.0450 e. The fourth-order valence-corrected chi connectivity index (χ4v) is 3.00. The van der Waals surface area contributed by atoms with Crippen molar-refractivity contribution in [2.45, 2.75) is 45.7 Å². The number of nitrogens with two attached hydrogens (primary N) is 1. The largest absolute Gasteiger partial charge is 0.323 e. The molecule has 18 heavy (non-hydrogen) atoms. The molecule has 2 N–H and O–H groups in total. The number of likely N-dealkylation sites (tertiary alicyclic amines) is 1. The molecule has 0 amide bonds. The maximum absolute atomic E-state index is 6.42. The van der Waals surface area contributed by atoms with Crippen molar-refractivity contribution in [1.82, 2.24) is 4.90 Å². The van der Waals surface area contributed by atoms with Gasteiger partial charge in [-0.15, -0.1) is 0 Å². The predicted molar refractivity (Wildman–Crippen MR) is 77.4 cm³/mol. The lowest BCUT2D eigenvalue weighted by Crippen LogP contribution is -2.48. The quantitative estimate of drug-likeness (QED) is 0.887. The van der Waals surface area contributed by atoms with Crippen LogP contribution in [0.15, 0.2) is 30.3 Å². The van der Waals surface area contributed by atoms with Crippen LogP contribution in [0, 0.1) is 5.41 Å². The van der Waals surface area contributed by atoms with Crippen molar-refractivity contribution >= 4 is 0 Å². The molecule has 1 aromatic rings. The molecule has 0 spiro atoms. The molecule has 100 valence electrons. The molecule has 2 atom stereocenters. The number of nitrogens with zero attached hydrogens (tertiary/aromatic N) is 1.